The lowest BCUT2D eigenvalue weighted by atomic mass is 9.90. The fourth-order valence-electron chi connectivity index (χ4n) is 1.44. The van der Waals surface area contributed by atoms with Crippen LogP contribution in [0.1, 0.15) is 0 Å². The smallest absolute Gasteiger partial charge is 0.284 e. The Morgan fingerprint density at radius 2 is 0.929 bits per heavy atom. The molecule has 0 aliphatic heterocycles. The van der Waals surface area contributed by atoms with Crippen molar-refractivity contribution in [2.75, 3.05) is 0 Å². The van der Waals surface area contributed by atoms with Gasteiger partial charge in [0.2, 0.25) is 0 Å². The summed E-state index contributed by atoms with van der Waals surface area (Å²) in [5.74, 6) is -17.7. The Balaban J connectivity index is 7.04. The summed E-state index contributed by atoms with van der Waals surface area (Å²) >= 11 is 3.54. The van der Waals surface area contributed by atoms with Gasteiger partial charge in [0, 0.05) is 0 Å². The number of ether oxygens (including phenoxy) is 1. The maximum absolute atomic E-state index is 13.5. The predicted octanol–water partition coefficient (Wildman–Crippen LogP) is 4.63. The second-order valence-corrected chi connectivity index (χ2v) is 5.00. The van der Waals surface area contributed by atoms with E-state index in [1.807, 2.05) is 0 Å². The summed E-state index contributed by atoms with van der Waals surface area (Å²) in [4.78, 5) is 20.8. The number of Topliss-reactive ketones (excluding diaryl/α,β-unsaturated/α-hetero) is 2. The van der Waals surface area contributed by atoms with Crippen molar-refractivity contribution < 1.29 is 80.2 Å². The zero-order valence-corrected chi connectivity index (χ0v) is 12.5. The largest absolute Gasteiger partial charge is 0.459 e. The molecule has 0 bridgehead atoms. The molecule has 1 atom stereocenters. The van der Waals surface area contributed by atoms with Crippen molar-refractivity contribution in [3.63, 3.8) is 0 Å². The molecular formula is C9ClF15O3. The highest BCUT2D eigenvalue weighted by Crippen LogP contribution is 2.58. The van der Waals surface area contributed by atoms with Crippen LogP contribution in [-0.4, -0.2) is 53.1 Å². The first-order chi connectivity index (χ1) is 11.8. The molecule has 166 valence electrons. The molecule has 0 N–H and O–H groups in total. The summed E-state index contributed by atoms with van der Waals surface area (Å²) < 4.78 is 191. The van der Waals surface area contributed by atoms with Crippen molar-refractivity contribution in [3.8, 4) is 0 Å². The molecule has 28 heavy (non-hydrogen) atoms. The molecule has 0 aromatic rings. The molecule has 0 fully saturated rings. The van der Waals surface area contributed by atoms with E-state index in [2.05, 4.69) is 11.6 Å². The fourth-order valence-corrected chi connectivity index (χ4v) is 1.70. The summed E-state index contributed by atoms with van der Waals surface area (Å²) in [5, 5.41) is -7.15. The van der Waals surface area contributed by atoms with Crippen LogP contribution in [0, 0.1) is 0 Å². The van der Waals surface area contributed by atoms with Gasteiger partial charge in [0.1, 0.15) is 0 Å². The van der Waals surface area contributed by atoms with Crippen LogP contribution in [0.25, 0.3) is 0 Å². The van der Waals surface area contributed by atoms with Gasteiger partial charge in [-0.3, -0.25) is 14.3 Å². The summed E-state index contributed by atoms with van der Waals surface area (Å²) in [5.41, 5.74) is -7.76. The molecule has 0 saturated heterocycles. The highest BCUT2D eigenvalue weighted by Gasteiger charge is 2.89. The quantitative estimate of drug-likeness (QED) is 0.415. The monoisotopic (exact) mass is 476 g/mol. The first kappa shape index (κ1) is 26.5. The average molecular weight is 477 g/mol. The van der Waals surface area contributed by atoms with Crippen molar-refractivity contribution in [1.82, 2.24) is 0 Å². The number of rotatable bonds is 6. The Labute approximate surface area is 146 Å². The molecule has 0 aromatic heterocycles. The maximum atomic E-state index is 13.5. The molecule has 0 spiro atoms. The van der Waals surface area contributed by atoms with Gasteiger partial charge in [0.15, 0.2) is 0 Å². The highest BCUT2D eigenvalue weighted by molar-refractivity contribution is 6.23. The van der Waals surface area contributed by atoms with Gasteiger partial charge in [-0.1, -0.05) is 0 Å². The van der Waals surface area contributed by atoms with E-state index in [-0.39, 0.29) is 0 Å². The third-order valence-electron chi connectivity index (χ3n) is 2.59. The first-order valence-electron chi connectivity index (χ1n) is 5.59. The molecule has 0 aliphatic rings. The van der Waals surface area contributed by atoms with E-state index >= 15 is 0 Å². The van der Waals surface area contributed by atoms with Crippen molar-refractivity contribution in [1.29, 1.82) is 0 Å². The van der Waals surface area contributed by atoms with E-state index < -0.39 is 53.1 Å². The third-order valence-corrected chi connectivity index (χ3v) is 2.85. The predicted molar refractivity (Wildman–Crippen MR) is 52.7 cm³/mol. The van der Waals surface area contributed by atoms with Crippen molar-refractivity contribution in [2.24, 2.45) is 0 Å². The molecular weight excluding hydrogens is 477 g/mol. The van der Waals surface area contributed by atoms with Gasteiger partial charge in [0.25, 0.3) is 0 Å². The van der Waals surface area contributed by atoms with E-state index in [4.69, 9.17) is 0 Å². The molecule has 0 heterocycles. The summed E-state index contributed by atoms with van der Waals surface area (Å²) in [6.07, 6.45) is -29.2. The van der Waals surface area contributed by atoms with Gasteiger partial charge in [-0.25, -0.2) is 0 Å². The van der Waals surface area contributed by atoms with Gasteiger partial charge in [-0.15, -0.1) is 0 Å². The standard InChI is InChI=1S/C9ClF15O3/c10-8(21,22)7(9(23,24)25,3(11,12)1(26)4(13,14)15)28-6(19,20)2(27)5(16,17)18. The van der Waals surface area contributed by atoms with Crippen LogP contribution >= 0.6 is 11.6 Å². The van der Waals surface area contributed by atoms with Gasteiger partial charge in [-0.05, 0) is 11.6 Å². The van der Waals surface area contributed by atoms with Gasteiger partial charge < -0.3 is 0 Å². The molecule has 0 aliphatic carbocycles. The van der Waals surface area contributed by atoms with Gasteiger partial charge in [0.05, 0.1) is 0 Å². The Morgan fingerprint density at radius 1 is 0.607 bits per heavy atom. The third kappa shape index (κ3) is 4.41. The zero-order valence-electron chi connectivity index (χ0n) is 11.8. The minimum absolute atomic E-state index is 1.64. The van der Waals surface area contributed by atoms with E-state index in [9.17, 15) is 75.4 Å². The normalized spacial score (nSPS) is 17.3. The lowest BCUT2D eigenvalue weighted by Gasteiger charge is -2.43. The number of carbonyl (C=O) groups excluding carboxylic acids is 2. The van der Waals surface area contributed by atoms with Gasteiger partial charge in [-0.2, -0.15) is 65.9 Å². The van der Waals surface area contributed by atoms with Crippen LogP contribution in [0.3, 0.4) is 0 Å². The van der Waals surface area contributed by atoms with Crippen molar-refractivity contribution in [2.45, 2.75) is 41.5 Å². The molecule has 0 aromatic carbocycles. The maximum Gasteiger partial charge on any atom is 0.459 e. The molecule has 0 amide bonds. The lowest BCUT2D eigenvalue weighted by molar-refractivity contribution is -0.433. The highest BCUT2D eigenvalue weighted by atomic mass is 35.5. The fraction of sp³-hybridized carbons (Fsp3) is 0.778. The van der Waals surface area contributed by atoms with Crippen LogP contribution in [0.2, 0.25) is 0 Å². The molecule has 0 rings (SSSR count). The minimum Gasteiger partial charge on any atom is -0.284 e. The SMILES string of the molecule is O=C(C(F)(F)F)C(F)(F)OC(C(F)(F)F)(C(F)(F)Cl)C(F)(F)C(=O)C(F)(F)F. The Hall–Kier alpha value is -1.46. The number of ketones is 2. The molecule has 3 nitrogen and oxygen atoms in total. The second-order valence-electron chi connectivity index (χ2n) is 4.52. The number of carbonyl (C=O) groups is 2. The molecule has 19 heteroatoms. The zero-order chi connectivity index (χ0) is 23.4. The summed E-state index contributed by atoms with van der Waals surface area (Å²) in [6, 6.07) is 0. The molecule has 1 unspecified atom stereocenters. The average Bonchev–Trinajstić information content (AvgIpc) is 2.37. The van der Waals surface area contributed by atoms with Crippen molar-refractivity contribution in [3.05, 3.63) is 0 Å². The van der Waals surface area contributed by atoms with Crippen LogP contribution in [0.4, 0.5) is 65.9 Å². The van der Waals surface area contributed by atoms with Gasteiger partial charge >= 0.3 is 53.1 Å². The van der Waals surface area contributed by atoms with Crippen LogP contribution < -0.4 is 0 Å². The van der Waals surface area contributed by atoms with Crippen molar-refractivity contribution >= 4 is 23.2 Å². The van der Waals surface area contributed by atoms with E-state index in [0.29, 0.717) is 0 Å². The second kappa shape index (κ2) is 6.81. The molecule has 0 radical (unpaired) electrons. The van der Waals surface area contributed by atoms with Crippen LogP contribution in [0.15, 0.2) is 0 Å². The summed E-state index contributed by atoms with van der Waals surface area (Å²) in [7, 11) is 0. The Kier molecular flexibility index (Phi) is 6.45. The number of hydrogen-bond donors (Lipinski definition) is 0. The van der Waals surface area contributed by atoms with E-state index in [1.54, 1.807) is 4.74 Å². The van der Waals surface area contributed by atoms with Crippen LogP contribution in [0.5, 0.6) is 0 Å². The van der Waals surface area contributed by atoms with E-state index in [0.717, 1.165) is 0 Å². The van der Waals surface area contributed by atoms with Crippen LogP contribution in [-0.2, 0) is 14.3 Å². The number of halogens is 16. The Morgan fingerprint density at radius 3 is 1.14 bits per heavy atom. The molecule has 0 saturated carbocycles. The number of hydrogen-bond acceptors (Lipinski definition) is 3. The minimum atomic E-state index is -7.88. The lowest BCUT2D eigenvalue weighted by Crippen LogP contribution is -2.74. The summed E-state index contributed by atoms with van der Waals surface area (Å²) in [6.45, 7) is 0. The number of alkyl halides is 16. The topological polar surface area (TPSA) is 43.4 Å². The first-order valence-corrected chi connectivity index (χ1v) is 5.97. The Bertz CT molecular complexity index is 609. The van der Waals surface area contributed by atoms with E-state index in [1.165, 1.54) is 0 Å².